The Bertz CT molecular complexity index is 1150. The van der Waals surface area contributed by atoms with Gasteiger partial charge in [-0.2, -0.15) is 5.10 Å². The number of rotatable bonds is 3. The maximum absolute atomic E-state index is 13.6. The number of hydrogen-bond acceptors (Lipinski definition) is 3. The van der Waals surface area contributed by atoms with Crippen molar-refractivity contribution in [1.29, 1.82) is 0 Å². The molecule has 7 heteroatoms. The van der Waals surface area contributed by atoms with Gasteiger partial charge in [-0.15, -0.1) is 0 Å². The Balaban J connectivity index is 1.55. The number of nitrogens with two attached hydrogens (primary N) is 1. The second-order valence-corrected chi connectivity index (χ2v) is 7.84. The fourth-order valence-corrected chi connectivity index (χ4v) is 4.53. The molecule has 0 saturated heterocycles. The third-order valence-corrected chi connectivity index (χ3v) is 6.04. The SMILES string of the molecule is NC(=O)[C@H]1Cc2ccccc2CN1C(=O)c1nn(-c2ccc(F)cc2)c2c1CCC2. The van der Waals surface area contributed by atoms with Gasteiger partial charge in [0.25, 0.3) is 5.91 Å². The van der Waals surface area contributed by atoms with Crippen LogP contribution in [-0.4, -0.2) is 32.5 Å². The summed E-state index contributed by atoms with van der Waals surface area (Å²) in [5.41, 5.74) is 10.7. The number of amides is 2. The van der Waals surface area contributed by atoms with Crippen LogP contribution in [0.2, 0.25) is 0 Å². The van der Waals surface area contributed by atoms with E-state index >= 15 is 0 Å². The molecule has 3 aromatic rings. The lowest BCUT2D eigenvalue weighted by Crippen LogP contribution is -2.51. The van der Waals surface area contributed by atoms with E-state index in [0.29, 0.717) is 24.3 Å². The minimum absolute atomic E-state index is 0.285. The molecule has 0 bridgehead atoms. The van der Waals surface area contributed by atoms with Gasteiger partial charge in [-0.05, 0) is 54.7 Å². The van der Waals surface area contributed by atoms with Crippen molar-refractivity contribution in [3.8, 4) is 5.69 Å². The highest BCUT2D eigenvalue weighted by Gasteiger charge is 2.37. The van der Waals surface area contributed by atoms with Crippen LogP contribution in [0.3, 0.4) is 0 Å². The fraction of sp³-hybridized carbons (Fsp3) is 0.261. The first-order valence-electron chi connectivity index (χ1n) is 10.1. The average Bonchev–Trinajstić information content (AvgIpc) is 3.36. The van der Waals surface area contributed by atoms with Crippen LogP contribution in [0.15, 0.2) is 48.5 Å². The lowest BCUT2D eigenvalue weighted by Gasteiger charge is -2.34. The van der Waals surface area contributed by atoms with Crippen LogP contribution >= 0.6 is 0 Å². The molecule has 0 spiro atoms. The van der Waals surface area contributed by atoms with Crippen LogP contribution in [0.5, 0.6) is 0 Å². The first-order chi connectivity index (χ1) is 14.5. The van der Waals surface area contributed by atoms with Gasteiger partial charge in [-0.1, -0.05) is 24.3 Å². The summed E-state index contributed by atoms with van der Waals surface area (Å²) in [6.45, 7) is 0.320. The maximum atomic E-state index is 13.6. The fourth-order valence-electron chi connectivity index (χ4n) is 4.53. The van der Waals surface area contributed by atoms with Crippen LogP contribution in [0.1, 0.15) is 39.3 Å². The number of nitrogens with zero attached hydrogens (tertiary/aromatic N) is 3. The molecule has 2 amide bonds. The molecule has 1 atom stereocenters. The summed E-state index contributed by atoms with van der Waals surface area (Å²) in [6.07, 6.45) is 2.88. The van der Waals surface area contributed by atoms with Crippen molar-refractivity contribution in [3.05, 3.63) is 82.4 Å². The molecule has 6 nitrogen and oxygen atoms in total. The molecule has 2 aromatic carbocycles. The quantitative estimate of drug-likeness (QED) is 0.729. The van der Waals surface area contributed by atoms with E-state index in [9.17, 15) is 14.0 Å². The lowest BCUT2D eigenvalue weighted by molar-refractivity contribution is -0.122. The Kier molecular flexibility index (Phi) is 4.38. The maximum Gasteiger partial charge on any atom is 0.275 e. The van der Waals surface area contributed by atoms with Crippen LogP contribution in [0, 0.1) is 5.82 Å². The molecular weight excluding hydrogens is 383 g/mol. The Hall–Kier alpha value is -3.48. The zero-order valence-corrected chi connectivity index (χ0v) is 16.3. The summed E-state index contributed by atoms with van der Waals surface area (Å²) in [5.74, 6) is -1.13. The molecule has 5 rings (SSSR count). The molecule has 0 radical (unpaired) electrons. The van der Waals surface area contributed by atoms with Crippen LogP contribution in [-0.2, 0) is 30.6 Å². The smallest absolute Gasteiger partial charge is 0.275 e. The Morgan fingerprint density at radius 2 is 1.77 bits per heavy atom. The molecule has 1 aliphatic heterocycles. The number of carbonyl (C=O) groups is 2. The van der Waals surface area contributed by atoms with Gasteiger partial charge in [0.1, 0.15) is 11.9 Å². The highest BCUT2D eigenvalue weighted by atomic mass is 19.1. The third-order valence-electron chi connectivity index (χ3n) is 6.04. The largest absolute Gasteiger partial charge is 0.368 e. The van der Waals surface area contributed by atoms with E-state index < -0.39 is 11.9 Å². The van der Waals surface area contributed by atoms with Crippen LogP contribution in [0.4, 0.5) is 4.39 Å². The van der Waals surface area contributed by atoms with E-state index in [0.717, 1.165) is 41.6 Å². The number of fused-ring (bicyclic) bond motifs is 2. The predicted molar refractivity (Wildman–Crippen MR) is 109 cm³/mol. The summed E-state index contributed by atoms with van der Waals surface area (Å²) < 4.78 is 15.1. The van der Waals surface area contributed by atoms with E-state index in [1.807, 2.05) is 24.3 Å². The molecule has 0 fully saturated rings. The van der Waals surface area contributed by atoms with Gasteiger partial charge in [-0.25, -0.2) is 9.07 Å². The molecule has 0 unspecified atom stereocenters. The highest BCUT2D eigenvalue weighted by molar-refractivity contribution is 5.97. The van der Waals surface area contributed by atoms with Crippen molar-refractivity contribution in [3.63, 3.8) is 0 Å². The van der Waals surface area contributed by atoms with Crippen molar-refractivity contribution < 1.29 is 14.0 Å². The zero-order chi connectivity index (χ0) is 20.8. The van der Waals surface area contributed by atoms with Crippen molar-refractivity contribution >= 4 is 11.8 Å². The summed E-state index contributed by atoms with van der Waals surface area (Å²) in [4.78, 5) is 27.3. The number of carbonyl (C=O) groups excluding carboxylic acids is 2. The van der Waals surface area contributed by atoms with Gasteiger partial charge in [-0.3, -0.25) is 9.59 Å². The molecule has 2 heterocycles. The van der Waals surface area contributed by atoms with Gasteiger partial charge in [0.2, 0.25) is 5.91 Å². The molecule has 152 valence electrons. The minimum atomic E-state index is -0.708. The monoisotopic (exact) mass is 404 g/mol. The second-order valence-electron chi connectivity index (χ2n) is 7.84. The predicted octanol–water partition coefficient (Wildman–Crippen LogP) is 2.55. The van der Waals surface area contributed by atoms with Crippen molar-refractivity contribution in [2.24, 2.45) is 5.73 Å². The van der Waals surface area contributed by atoms with Crippen molar-refractivity contribution in [2.75, 3.05) is 0 Å². The topological polar surface area (TPSA) is 81.2 Å². The lowest BCUT2D eigenvalue weighted by atomic mass is 9.93. The number of hydrogen-bond donors (Lipinski definition) is 1. The van der Waals surface area contributed by atoms with Gasteiger partial charge >= 0.3 is 0 Å². The highest BCUT2D eigenvalue weighted by Crippen LogP contribution is 2.31. The third kappa shape index (κ3) is 2.98. The molecular formula is C23H21FN4O2. The minimum Gasteiger partial charge on any atom is -0.368 e. The Labute approximate surface area is 173 Å². The normalized spacial score (nSPS) is 17.5. The summed E-state index contributed by atoms with van der Waals surface area (Å²) in [6, 6.07) is 13.1. The first kappa shape index (κ1) is 18.5. The van der Waals surface area contributed by atoms with E-state index in [4.69, 9.17) is 5.73 Å². The number of aromatic nitrogens is 2. The van der Waals surface area contributed by atoms with Crippen molar-refractivity contribution in [1.82, 2.24) is 14.7 Å². The molecule has 30 heavy (non-hydrogen) atoms. The summed E-state index contributed by atoms with van der Waals surface area (Å²) in [5, 5.41) is 4.61. The molecule has 1 aliphatic carbocycles. The second kappa shape index (κ2) is 7.09. The van der Waals surface area contributed by atoms with Gasteiger partial charge in [0, 0.05) is 24.2 Å². The molecule has 1 aromatic heterocycles. The number of primary amides is 1. The van der Waals surface area contributed by atoms with Gasteiger partial charge in [0.15, 0.2) is 5.69 Å². The van der Waals surface area contributed by atoms with E-state index in [1.165, 1.54) is 12.1 Å². The summed E-state index contributed by atoms with van der Waals surface area (Å²) >= 11 is 0. The van der Waals surface area contributed by atoms with Crippen LogP contribution < -0.4 is 5.73 Å². The van der Waals surface area contributed by atoms with Crippen LogP contribution in [0.25, 0.3) is 5.69 Å². The number of benzene rings is 2. The number of halogens is 1. The first-order valence-corrected chi connectivity index (χ1v) is 10.1. The Morgan fingerprint density at radius 3 is 2.50 bits per heavy atom. The van der Waals surface area contributed by atoms with E-state index in [2.05, 4.69) is 5.10 Å². The van der Waals surface area contributed by atoms with Crippen molar-refractivity contribution in [2.45, 2.75) is 38.3 Å². The Morgan fingerprint density at radius 1 is 1.03 bits per heavy atom. The molecule has 2 N–H and O–H groups in total. The average molecular weight is 404 g/mol. The van der Waals surface area contributed by atoms with Gasteiger partial charge in [0.05, 0.1) is 5.69 Å². The van der Waals surface area contributed by atoms with E-state index in [1.54, 1.807) is 21.7 Å². The summed E-state index contributed by atoms with van der Waals surface area (Å²) in [7, 11) is 0. The standard InChI is InChI=1S/C23H21FN4O2/c24-16-8-10-17(11-9-16)28-19-7-3-6-18(19)21(26-28)23(30)27-13-15-5-2-1-4-14(15)12-20(27)22(25)29/h1-2,4-5,8-11,20H,3,6-7,12-13H2,(H2,25,29)/t20-/m1/s1. The van der Waals surface area contributed by atoms with Gasteiger partial charge < -0.3 is 10.6 Å². The molecule has 2 aliphatic rings. The zero-order valence-electron chi connectivity index (χ0n) is 16.3. The van der Waals surface area contributed by atoms with E-state index in [-0.39, 0.29) is 11.7 Å². The molecule has 0 saturated carbocycles.